The lowest BCUT2D eigenvalue weighted by atomic mass is 9.87. The molecule has 3 unspecified atom stereocenters. The fourth-order valence-electron chi connectivity index (χ4n) is 4.15. The lowest BCUT2D eigenvalue weighted by Gasteiger charge is -2.22. The Hall–Kier alpha value is -2.38. The van der Waals surface area contributed by atoms with Gasteiger partial charge < -0.3 is 20.1 Å². The van der Waals surface area contributed by atoms with E-state index in [0.29, 0.717) is 25.9 Å². The number of nitrogens with one attached hydrogen (secondary N) is 2. The van der Waals surface area contributed by atoms with Gasteiger partial charge in [0.05, 0.1) is 19.1 Å². The molecule has 1 heterocycles. The van der Waals surface area contributed by atoms with E-state index in [2.05, 4.69) is 26.6 Å². The molecule has 2 aromatic carbocycles. The Kier molecular flexibility index (Phi) is 9.76. The second kappa shape index (κ2) is 12.8. The summed E-state index contributed by atoms with van der Waals surface area (Å²) in [6, 6.07) is 15.5. The molecule has 0 aromatic heterocycles. The Balaban J connectivity index is 1.57. The van der Waals surface area contributed by atoms with E-state index in [1.807, 2.05) is 55.5 Å². The Labute approximate surface area is 204 Å². The van der Waals surface area contributed by atoms with Gasteiger partial charge in [-0.05, 0) is 48.9 Å². The van der Waals surface area contributed by atoms with E-state index in [1.54, 1.807) is 7.11 Å². The van der Waals surface area contributed by atoms with Crippen LogP contribution in [0.5, 0.6) is 5.75 Å². The molecule has 1 saturated heterocycles. The summed E-state index contributed by atoms with van der Waals surface area (Å²) in [5.74, 6) is 0.405. The van der Waals surface area contributed by atoms with Gasteiger partial charge in [0.15, 0.2) is 0 Å². The van der Waals surface area contributed by atoms with Gasteiger partial charge in [-0.25, -0.2) is 0 Å². The van der Waals surface area contributed by atoms with Crippen LogP contribution in [0.4, 0.5) is 0 Å². The number of rotatable bonds is 11. The van der Waals surface area contributed by atoms with Crippen molar-refractivity contribution in [1.29, 1.82) is 0 Å². The van der Waals surface area contributed by atoms with Gasteiger partial charge in [0.2, 0.25) is 11.8 Å². The lowest BCUT2D eigenvalue weighted by Crippen LogP contribution is -2.36. The molecular formula is C26H33BrN2O4. The van der Waals surface area contributed by atoms with Crippen LogP contribution in [0.2, 0.25) is 0 Å². The molecule has 0 aliphatic carbocycles. The first kappa shape index (κ1) is 25.2. The molecular weight excluding hydrogens is 484 g/mol. The van der Waals surface area contributed by atoms with E-state index in [0.717, 1.165) is 40.8 Å². The van der Waals surface area contributed by atoms with Crippen molar-refractivity contribution in [3.8, 4) is 5.75 Å². The predicted molar refractivity (Wildman–Crippen MR) is 132 cm³/mol. The van der Waals surface area contributed by atoms with Crippen molar-refractivity contribution < 1.29 is 19.1 Å². The largest absolute Gasteiger partial charge is 0.496 e. The van der Waals surface area contributed by atoms with Crippen LogP contribution in [0.3, 0.4) is 0 Å². The summed E-state index contributed by atoms with van der Waals surface area (Å²) in [5.41, 5.74) is 1.88. The number of hydrogen-bond donors (Lipinski definition) is 2. The number of benzene rings is 2. The van der Waals surface area contributed by atoms with Crippen molar-refractivity contribution in [2.75, 3.05) is 20.3 Å². The maximum Gasteiger partial charge on any atom is 0.227 e. The van der Waals surface area contributed by atoms with Crippen LogP contribution in [-0.4, -0.2) is 38.2 Å². The van der Waals surface area contributed by atoms with Gasteiger partial charge >= 0.3 is 0 Å². The molecule has 7 heteroatoms. The van der Waals surface area contributed by atoms with Gasteiger partial charge in [-0.1, -0.05) is 53.2 Å². The SMILES string of the molecule is COc1ccccc1CNC(=O)CC(C)CC(C(=O)NCC1CCCO1)c1ccc(Br)cc1. The highest BCUT2D eigenvalue weighted by Crippen LogP contribution is 2.27. The van der Waals surface area contributed by atoms with Gasteiger partial charge in [0, 0.05) is 36.2 Å². The quantitative estimate of drug-likeness (QED) is 0.458. The number of amides is 2. The first-order valence-electron chi connectivity index (χ1n) is 11.5. The van der Waals surface area contributed by atoms with E-state index in [-0.39, 0.29) is 29.8 Å². The van der Waals surface area contributed by atoms with E-state index in [1.165, 1.54) is 0 Å². The number of halogens is 1. The summed E-state index contributed by atoms with van der Waals surface area (Å²) in [6.07, 6.45) is 3.05. The Bertz CT molecular complexity index is 913. The number of hydrogen-bond acceptors (Lipinski definition) is 4. The Morgan fingerprint density at radius 3 is 2.61 bits per heavy atom. The number of carbonyl (C=O) groups is 2. The maximum atomic E-state index is 13.1. The molecule has 2 amide bonds. The average molecular weight is 517 g/mol. The molecule has 0 bridgehead atoms. The van der Waals surface area contributed by atoms with Crippen molar-refractivity contribution in [3.63, 3.8) is 0 Å². The average Bonchev–Trinajstić information content (AvgIpc) is 3.34. The third-order valence-corrected chi connectivity index (χ3v) is 6.49. The van der Waals surface area contributed by atoms with Crippen LogP contribution in [0, 0.1) is 5.92 Å². The smallest absolute Gasteiger partial charge is 0.227 e. The molecule has 3 atom stereocenters. The molecule has 1 aliphatic heterocycles. The van der Waals surface area contributed by atoms with Crippen LogP contribution in [0.25, 0.3) is 0 Å². The number of ether oxygens (including phenoxy) is 2. The molecule has 33 heavy (non-hydrogen) atoms. The third-order valence-electron chi connectivity index (χ3n) is 5.96. The van der Waals surface area contributed by atoms with E-state index < -0.39 is 0 Å². The summed E-state index contributed by atoms with van der Waals surface area (Å²) in [6.45, 7) is 3.72. The van der Waals surface area contributed by atoms with Crippen molar-refractivity contribution in [2.45, 2.75) is 51.2 Å². The minimum Gasteiger partial charge on any atom is -0.496 e. The number of para-hydroxylation sites is 1. The maximum absolute atomic E-state index is 13.1. The third kappa shape index (κ3) is 7.86. The molecule has 2 aromatic rings. The van der Waals surface area contributed by atoms with Gasteiger partial charge in [-0.15, -0.1) is 0 Å². The van der Waals surface area contributed by atoms with Crippen LogP contribution < -0.4 is 15.4 Å². The standard InChI is InChI=1S/C26H33BrN2O4/c1-18(15-25(30)28-16-20-6-3-4-8-24(20)32-2)14-23(19-9-11-21(27)12-10-19)26(31)29-17-22-7-5-13-33-22/h3-4,6,8-12,18,22-23H,5,7,13-17H2,1-2H3,(H,28,30)(H,29,31). The molecule has 2 N–H and O–H groups in total. The van der Waals surface area contributed by atoms with Crippen LogP contribution in [-0.2, 0) is 20.9 Å². The van der Waals surface area contributed by atoms with Crippen LogP contribution >= 0.6 is 15.9 Å². The summed E-state index contributed by atoms with van der Waals surface area (Å²) in [7, 11) is 1.62. The molecule has 0 spiro atoms. The predicted octanol–water partition coefficient (Wildman–Crippen LogP) is 4.57. The van der Waals surface area contributed by atoms with Crippen molar-refractivity contribution in [1.82, 2.24) is 10.6 Å². The second-order valence-electron chi connectivity index (χ2n) is 8.62. The molecule has 0 radical (unpaired) electrons. The minimum atomic E-state index is -0.323. The number of carbonyl (C=O) groups excluding carboxylic acids is 2. The van der Waals surface area contributed by atoms with Crippen molar-refractivity contribution >= 4 is 27.7 Å². The van der Waals surface area contributed by atoms with Crippen molar-refractivity contribution in [2.24, 2.45) is 5.92 Å². The van der Waals surface area contributed by atoms with Gasteiger partial charge in [-0.2, -0.15) is 0 Å². The molecule has 1 aliphatic rings. The molecule has 1 fully saturated rings. The summed E-state index contributed by atoms with van der Waals surface area (Å²) >= 11 is 3.46. The minimum absolute atomic E-state index is 0.0193. The fraction of sp³-hybridized carbons (Fsp3) is 0.462. The van der Waals surface area contributed by atoms with E-state index in [9.17, 15) is 9.59 Å². The van der Waals surface area contributed by atoms with Gasteiger partial charge in [-0.3, -0.25) is 9.59 Å². The summed E-state index contributed by atoms with van der Waals surface area (Å²) < 4.78 is 11.9. The molecule has 178 valence electrons. The van der Waals surface area contributed by atoms with Crippen LogP contribution in [0.15, 0.2) is 53.0 Å². The zero-order valence-electron chi connectivity index (χ0n) is 19.3. The highest BCUT2D eigenvalue weighted by Gasteiger charge is 2.25. The summed E-state index contributed by atoms with van der Waals surface area (Å²) in [4.78, 5) is 25.7. The molecule has 6 nitrogen and oxygen atoms in total. The zero-order chi connectivity index (χ0) is 23.6. The molecule has 0 saturated carbocycles. The lowest BCUT2D eigenvalue weighted by molar-refractivity contribution is -0.125. The first-order chi connectivity index (χ1) is 16.0. The normalized spacial score (nSPS) is 17.2. The summed E-state index contributed by atoms with van der Waals surface area (Å²) in [5, 5.41) is 6.04. The molecule has 3 rings (SSSR count). The van der Waals surface area contributed by atoms with E-state index in [4.69, 9.17) is 9.47 Å². The highest BCUT2D eigenvalue weighted by atomic mass is 79.9. The van der Waals surface area contributed by atoms with Crippen molar-refractivity contribution in [3.05, 3.63) is 64.1 Å². The fourth-order valence-corrected chi connectivity index (χ4v) is 4.41. The Morgan fingerprint density at radius 2 is 1.91 bits per heavy atom. The Morgan fingerprint density at radius 1 is 1.15 bits per heavy atom. The van der Waals surface area contributed by atoms with Gasteiger partial charge in [0.25, 0.3) is 0 Å². The topological polar surface area (TPSA) is 76.7 Å². The van der Waals surface area contributed by atoms with Crippen LogP contribution in [0.1, 0.15) is 49.7 Å². The second-order valence-corrected chi connectivity index (χ2v) is 9.53. The monoisotopic (exact) mass is 516 g/mol. The highest BCUT2D eigenvalue weighted by molar-refractivity contribution is 9.10. The number of methoxy groups -OCH3 is 1. The zero-order valence-corrected chi connectivity index (χ0v) is 20.9. The van der Waals surface area contributed by atoms with E-state index >= 15 is 0 Å². The first-order valence-corrected chi connectivity index (χ1v) is 12.3. The van der Waals surface area contributed by atoms with Gasteiger partial charge in [0.1, 0.15) is 5.75 Å².